The third-order valence-corrected chi connectivity index (χ3v) is 4.09. The molecule has 6 nitrogen and oxygen atoms in total. The van der Waals surface area contributed by atoms with Crippen LogP contribution in [0.25, 0.3) is 27.9 Å². The number of hydrogen-bond acceptors (Lipinski definition) is 4. The minimum Gasteiger partial charge on any atom is -0.315 e. The molecule has 0 bridgehead atoms. The average molecular weight is 337 g/mol. The number of pyridine rings is 1. The van der Waals surface area contributed by atoms with Crippen molar-refractivity contribution in [1.82, 2.24) is 24.1 Å². The summed E-state index contributed by atoms with van der Waals surface area (Å²) in [7, 11) is 0. The van der Waals surface area contributed by atoms with Gasteiger partial charge in [0.25, 0.3) is 11.3 Å². The van der Waals surface area contributed by atoms with Crippen LogP contribution in [-0.2, 0) is 6.54 Å². The molecular formula is C18H16FN5O. The van der Waals surface area contributed by atoms with E-state index in [0.29, 0.717) is 40.3 Å². The minimum absolute atomic E-state index is 0.138. The summed E-state index contributed by atoms with van der Waals surface area (Å²) in [5.41, 5.74) is 1.68. The van der Waals surface area contributed by atoms with E-state index < -0.39 is 0 Å². The van der Waals surface area contributed by atoms with Gasteiger partial charge in [-0.25, -0.2) is 9.37 Å². The Bertz CT molecular complexity index is 1140. The van der Waals surface area contributed by atoms with E-state index in [2.05, 4.69) is 15.1 Å². The van der Waals surface area contributed by atoms with Gasteiger partial charge in [0.1, 0.15) is 11.6 Å². The molecule has 0 aliphatic carbocycles. The number of aromatic nitrogens is 5. The van der Waals surface area contributed by atoms with Gasteiger partial charge >= 0.3 is 0 Å². The highest BCUT2D eigenvalue weighted by atomic mass is 19.1. The van der Waals surface area contributed by atoms with Crippen LogP contribution in [0.4, 0.5) is 4.39 Å². The van der Waals surface area contributed by atoms with E-state index >= 15 is 0 Å². The van der Waals surface area contributed by atoms with E-state index in [0.717, 1.165) is 6.42 Å². The fourth-order valence-corrected chi connectivity index (χ4v) is 3.01. The first-order chi connectivity index (χ1) is 12.1. The maximum Gasteiger partial charge on any atom is 0.262 e. The number of nitrogens with zero attached hydrogens (tertiary/aromatic N) is 5. The molecule has 4 rings (SSSR count). The molecule has 7 heteroatoms. The van der Waals surface area contributed by atoms with Crippen LogP contribution in [0.15, 0.2) is 41.3 Å². The highest BCUT2D eigenvalue weighted by Gasteiger charge is 2.17. The van der Waals surface area contributed by atoms with Gasteiger partial charge in [-0.15, -0.1) is 5.10 Å². The Morgan fingerprint density at radius 3 is 2.60 bits per heavy atom. The SMILES string of the molecule is CCCn1ccc2nc3nc(C)nn3c(-c3ccc(F)cc3)c2c1=O. The van der Waals surface area contributed by atoms with Gasteiger partial charge in [-0.05, 0) is 43.7 Å². The largest absolute Gasteiger partial charge is 0.315 e. The first-order valence-electron chi connectivity index (χ1n) is 8.11. The molecular weight excluding hydrogens is 321 g/mol. The summed E-state index contributed by atoms with van der Waals surface area (Å²) in [5.74, 6) is 0.633. The third-order valence-electron chi connectivity index (χ3n) is 4.09. The molecule has 0 radical (unpaired) electrons. The van der Waals surface area contributed by atoms with Crippen molar-refractivity contribution in [3.8, 4) is 11.3 Å². The van der Waals surface area contributed by atoms with Crippen LogP contribution in [0.1, 0.15) is 19.2 Å². The van der Waals surface area contributed by atoms with Crippen LogP contribution in [0.3, 0.4) is 0 Å². The van der Waals surface area contributed by atoms with Crippen molar-refractivity contribution in [3.63, 3.8) is 0 Å². The lowest BCUT2D eigenvalue weighted by molar-refractivity contribution is 0.628. The van der Waals surface area contributed by atoms with Crippen LogP contribution in [0.5, 0.6) is 0 Å². The second-order valence-corrected chi connectivity index (χ2v) is 5.91. The van der Waals surface area contributed by atoms with Gasteiger partial charge in [0.05, 0.1) is 16.6 Å². The zero-order valence-electron chi connectivity index (χ0n) is 13.9. The molecule has 0 N–H and O–H groups in total. The average Bonchev–Trinajstić information content (AvgIpc) is 2.96. The van der Waals surface area contributed by atoms with Crippen molar-refractivity contribution in [3.05, 3.63) is 58.5 Å². The molecule has 0 saturated carbocycles. The first-order valence-corrected chi connectivity index (χ1v) is 8.11. The second-order valence-electron chi connectivity index (χ2n) is 5.91. The molecule has 0 unspecified atom stereocenters. The molecule has 1 aromatic carbocycles. The van der Waals surface area contributed by atoms with Gasteiger partial charge in [0.15, 0.2) is 0 Å². The monoisotopic (exact) mass is 337 g/mol. The lowest BCUT2D eigenvalue weighted by atomic mass is 10.1. The van der Waals surface area contributed by atoms with Crippen LogP contribution in [0, 0.1) is 12.7 Å². The van der Waals surface area contributed by atoms with Crippen molar-refractivity contribution in [2.24, 2.45) is 0 Å². The van der Waals surface area contributed by atoms with E-state index in [1.165, 1.54) is 12.1 Å². The number of rotatable bonds is 3. The van der Waals surface area contributed by atoms with Gasteiger partial charge in [-0.1, -0.05) is 6.92 Å². The fourth-order valence-electron chi connectivity index (χ4n) is 3.01. The van der Waals surface area contributed by atoms with Crippen molar-refractivity contribution in [1.29, 1.82) is 0 Å². The number of aryl methyl sites for hydroxylation is 2. The van der Waals surface area contributed by atoms with E-state index in [1.54, 1.807) is 34.3 Å². The summed E-state index contributed by atoms with van der Waals surface area (Å²) in [6.45, 7) is 4.40. The zero-order chi connectivity index (χ0) is 17.6. The van der Waals surface area contributed by atoms with E-state index in [9.17, 15) is 9.18 Å². The Morgan fingerprint density at radius 2 is 1.88 bits per heavy atom. The van der Waals surface area contributed by atoms with Crippen LogP contribution < -0.4 is 5.56 Å². The summed E-state index contributed by atoms with van der Waals surface area (Å²) in [6, 6.07) is 7.81. The Kier molecular flexibility index (Phi) is 3.56. The van der Waals surface area contributed by atoms with Crippen LogP contribution >= 0.6 is 0 Å². The van der Waals surface area contributed by atoms with Crippen molar-refractivity contribution in [2.45, 2.75) is 26.8 Å². The van der Waals surface area contributed by atoms with Gasteiger partial charge < -0.3 is 4.57 Å². The predicted octanol–water partition coefficient (Wildman–Crippen LogP) is 2.96. The molecule has 0 atom stereocenters. The summed E-state index contributed by atoms with van der Waals surface area (Å²) in [5, 5.41) is 4.84. The molecule has 4 aromatic rings. The lowest BCUT2D eigenvalue weighted by Crippen LogP contribution is -2.21. The molecule has 0 spiro atoms. The van der Waals surface area contributed by atoms with E-state index in [-0.39, 0.29) is 11.4 Å². The highest BCUT2D eigenvalue weighted by Crippen LogP contribution is 2.26. The van der Waals surface area contributed by atoms with Gasteiger partial charge in [0, 0.05) is 18.3 Å². The summed E-state index contributed by atoms with van der Waals surface area (Å²) < 4.78 is 16.6. The summed E-state index contributed by atoms with van der Waals surface area (Å²) in [6.07, 6.45) is 2.59. The van der Waals surface area contributed by atoms with Crippen LogP contribution in [0.2, 0.25) is 0 Å². The Morgan fingerprint density at radius 1 is 1.12 bits per heavy atom. The Balaban J connectivity index is 2.18. The molecule has 3 heterocycles. The maximum absolute atomic E-state index is 13.4. The van der Waals surface area contributed by atoms with Gasteiger partial charge in [0.2, 0.25) is 0 Å². The smallest absolute Gasteiger partial charge is 0.262 e. The van der Waals surface area contributed by atoms with Crippen molar-refractivity contribution >= 4 is 16.7 Å². The second kappa shape index (κ2) is 5.77. The number of halogens is 1. The highest BCUT2D eigenvalue weighted by molar-refractivity contribution is 5.93. The Hall–Kier alpha value is -3.09. The standard InChI is InChI=1S/C18H16FN5O/c1-3-9-23-10-8-14-15(17(23)25)16(12-4-6-13(19)7-5-12)24-18(21-14)20-11(2)22-24/h4-8,10H,3,9H2,1-2H3. The Labute approximate surface area is 142 Å². The normalized spacial score (nSPS) is 11.5. The summed E-state index contributed by atoms with van der Waals surface area (Å²) in [4.78, 5) is 21.8. The van der Waals surface area contributed by atoms with Crippen molar-refractivity contribution < 1.29 is 4.39 Å². The first kappa shape index (κ1) is 15.4. The summed E-state index contributed by atoms with van der Waals surface area (Å²) >= 11 is 0. The molecule has 0 fully saturated rings. The van der Waals surface area contributed by atoms with Gasteiger partial charge in [-0.2, -0.15) is 9.50 Å². The molecule has 0 amide bonds. The topological polar surface area (TPSA) is 65.1 Å². The molecule has 3 aromatic heterocycles. The zero-order valence-corrected chi connectivity index (χ0v) is 13.9. The number of fused-ring (bicyclic) bond motifs is 2. The maximum atomic E-state index is 13.4. The quantitative estimate of drug-likeness (QED) is 0.576. The van der Waals surface area contributed by atoms with Crippen LogP contribution in [-0.4, -0.2) is 24.1 Å². The lowest BCUT2D eigenvalue weighted by Gasteiger charge is -2.11. The van der Waals surface area contributed by atoms with E-state index in [4.69, 9.17) is 0 Å². The molecule has 0 aliphatic heterocycles. The van der Waals surface area contributed by atoms with E-state index in [1.807, 2.05) is 13.0 Å². The van der Waals surface area contributed by atoms with Crippen molar-refractivity contribution in [2.75, 3.05) is 0 Å². The fraction of sp³-hybridized carbons (Fsp3) is 0.222. The molecule has 126 valence electrons. The molecule has 0 aliphatic rings. The van der Waals surface area contributed by atoms with Gasteiger partial charge in [-0.3, -0.25) is 4.79 Å². The number of hydrogen-bond donors (Lipinski definition) is 0. The predicted molar refractivity (Wildman–Crippen MR) is 93.0 cm³/mol. The number of benzene rings is 1. The molecule has 25 heavy (non-hydrogen) atoms. The molecule has 0 saturated heterocycles. The third kappa shape index (κ3) is 2.48. The minimum atomic E-state index is -0.337.